The first-order chi connectivity index (χ1) is 6.52. The topological polar surface area (TPSA) is 58.2 Å². The number of carbonyl (C=O) groups excluding carboxylic acids is 2. The van der Waals surface area contributed by atoms with Crippen molar-refractivity contribution in [2.24, 2.45) is 0 Å². The van der Waals surface area contributed by atoms with Crippen LogP contribution in [0.2, 0.25) is 0 Å². The van der Waals surface area contributed by atoms with Gasteiger partial charge in [-0.15, -0.1) is 0 Å². The Hall–Kier alpha value is -0.900. The molecule has 82 valence electrons. The van der Waals surface area contributed by atoms with Gasteiger partial charge in [-0.3, -0.25) is 9.59 Å². The van der Waals surface area contributed by atoms with Gasteiger partial charge in [-0.1, -0.05) is 13.8 Å². The highest BCUT2D eigenvalue weighted by atomic mass is 16.2. The second kappa shape index (κ2) is 7.50. The Balaban J connectivity index is 3.31. The predicted octanol–water partition coefficient (Wildman–Crippen LogP) is 0.470. The van der Waals surface area contributed by atoms with E-state index in [0.29, 0.717) is 12.5 Å². The van der Waals surface area contributed by atoms with Crippen LogP contribution in [0.5, 0.6) is 0 Å². The van der Waals surface area contributed by atoms with Crippen molar-refractivity contribution in [1.82, 2.24) is 10.6 Å². The first-order valence-corrected chi connectivity index (χ1v) is 5.02. The smallest absolute Gasteiger partial charge is 0.220 e. The van der Waals surface area contributed by atoms with Gasteiger partial charge in [0.05, 0.1) is 6.54 Å². The van der Waals surface area contributed by atoms with Crippen molar-refractivity contribution in [2.45, 2.75) is 39.7 Å². The third-order valence-corrected chi connectivity index (χ3v) is 1.67. The summed E-state index contributed by atoms with van der Waals surface area (Å²) in [4.78, 5) is 21.6. The maximum absolute atomic E-state index is 11.1. The number of hydrogen-bond acceptors (Lipinski definition) is 3. The van der Waals surface area contributed by atoms with E-state index < -0.39 is 0 Å². The van der Waals surface area contributed by atoms with Crippen LogP contribution in [-0.2, 0) is 9.59 Å². The van der Waals surface area contributed by atoms with Crippen molar-refractivity contribution >= 4 is 11.7 Å². The molecule has 0 aliphatic carbocycles. The quantitative estimate of drug-likeness (QED) is 0.587. The summed E-state index contributed by atoms with van der Waals surface area (Å²) >= 11 is 0. The minimum absolute atomic E-state index is 0.0151. The lowest BCUT2D eigenvalue weighted by Crippen LogP contribution is -2.29. The maximum Gasteiger partial charge on any atom is 0.220 e. The number of Topliss-reactive ketones (excluding diaryl/α,β-unsaturated/α-hetero) is 1. The summed E-state index contributed by atoms with van der Waals surface area (Å²) in [5.41, 5.74) is 0. The van der Waals surface area contributed by atoms with Gasteiger partial charge in [0.2, 0.25) is 5.91 Å². The highest BCUT2D eigenvalue weighted by Gasteiger charge is 2.01. The summed E-state index contributed by atoms with van der Waals surface area (Å²) < 4.78 is 0. The van der Waals surface area contributed by atoms with Crippen LogP contribution < -0.4 is 10.6 Å². The Morgan fingerprint density at radius 1 is 1.29 bits per heavy atom. The molecule has 0 unspecified atom stereocenters. The zero-order valence-corrected chi connectivity index (χ0v) is 9.22. The molecule has 2 N–H and O–H groups in total. The van der Waals surface area contributed by atoms with Crippen molar-refractivity contribution in [3.63, 3.8) is 0 Å². The van der Waals surface area contributed by atoms with E-state index >= 15 is 0 Å². The Bertz CT molecular complexity index is 191. The van der Waals surface area contributed by atoms with Crippen LogP contribution in [0.4, 0.5) is 0 Å². The lowest BCUT2D eigenvalue weighted by Gasteiger charge is -2.07. The average Bonchev–Trinajstić information content (AvgIpc) is 2.08. The molecule has 0 saturated carbocycles. The van der Waals surface area contributed by atoms with E-state index in [9.17, 15) is 9.59 Å². The van der Waals surface area contributed by atoms with Crippen LogP contribution >= 0.6 is 0 Å². The fourth-order valence-corrected chi connectivity index (χ4v) is 0.951. The van der Waals surface area contributed by atoms with Gasteiger partial charge in [-0.25, -0.2) is 0 Å². The first-order valence-electron chi connectivity index (χ1n) is 5.02. The normalized spacial score (nSPS) is 10.3. The van der Waals surface area contributed by atoms with E-state index in [1.807, 2.05) is 0 Å². The van der Waals surface area contributed by atoms with Crippen LogP contribution in [-0.4, -0.2) is 30.8 Å². The molecule has 4 heteroatoms. The van der Waals surface area contributed by atoms with Gasteiger partial charge in [0.1, 0.15) is 5.78 Å². The van der Waals surface area contributed by atoms with Crippen molar-refractivity contribution in [2.75, 3.05) is 13.1 Å². The molecule has 0 bridgehead atoms. The van der Waals surface area contributed by atoms with Crippen LogP contribution in [0.15, 0.2) is 0 Å². The van der Waals surface area contributed by atoms with Crippen LogP contribution in [0.1, 0.15) is 33.6 Å². The van der Waals surface area contributed by atoms with Crippen LogP contribution in [0, 0.1) is 0 Å². The lowest BCUT2D eigenvalue weighted by atomic mass is 10.2. The SMILES string of the molecule is CC(=O)CNC(=O)CCCNC(C)C. The van der Waals surface area contributed by atoms with Crippen molar-refractivity contribution in [3.05, 3.63) is 0 Å². The Kier molecular flexibility index (Phi) is 7.02. The molecule has 0 spiro atoms. The molecule has 0 aromatic rings. The highest BCUT2D eigenvalue weighted by molar-refractivity contribution is 5.84. The van der Waals surface area contributed by atoms with Gasteiger partial charge in [0.25, 0.3) is 0 Å². The predicted molar refractivity (Wildman–Crippen MR) is 56.1 cm³/mol. The van der Waals surface area contributed by atoms with Gasteiger partial charge in [-0.2, -0.15) is 0 Å². The molecule has 1 amide bonds. The maximum atomic E-state index is 11.1. The van der Waals surface area contributed by atoms with Gasteiger partial charge in [-0.05, 0) is 19.9 Å². The molecule has 0 heterocycles. The summed E-state index contributed by atoms with van der Waals surface area (Å²) in [7, 11) is 0. The molecular weight excluding hydrogens is 180 g/mol. The van der Waals surface area contributed by atoms with E-state index in [4.69, 9.17) is 0 Å². The molecule has 4 nitrogen and oxygen atoms in total. The molecule has 0 saturated heterocycles. The number of ketones is 1. The molecule has 14 heavy (non-hydrogen) atoms. The second-order valence-corrected chi connectivity index (χ2v) is 3.69. The lowest BCUT2D eigenvalue weighted by molar-refractivity contribution is -0.124. The first kappa shape index (κ1) is 13.1. The highest BCUT2D eigenvalue weighted by Crippen LogP contribution is 1.88. The largest absolute Gasteiger partial charge is 0.349 e. The van der Waals surface area contributed by atoms with Gasteiger partial charge >= 0.3 is 0 Å². The van der Waals surface area contributed by atoms with Crippen molar-refractivity contribution in [1.29, 1.82) is 0 Å². The van der Waals surface area contributed by atoms with Gasteiger partial charge < -0.3 is 10.6 Å². The van der Waals surface area contributed by atoms with E-state index in [2.05, 4.69) is 24.5 Å². The summed E-state index contributed by atoms with van der Waals surface area (Å²) in [6, 6.07) is 0.454. The number of rotatable bonds is 7. The van der Waals surface area contributed by atoms with Crippen molar-refractivity contribution < 1.29 is 9.59 Å². The number of hydrogen-bond donors (Lipinski definition) is 2. The molecule has 0 fully saturated rings. The molecule has 0 aromatic carbocycles. The van der Waals surface area contributed by atoms with E-state index in [0.717, 1.165) is 13.0 Å². The fraction of sp³-hybridized carbons (Fsp3) is 0.800. The molecule has 0 atom stereocenters. The Morgan fingerprint density at radius 2 is 1.93 bits per heavy atom. The third-order valence-electron chi connectivity index (χ3n) is 1.67. The fourth-order valence-electron chi connectivity index (χ4n) is 0.951. The molecule has 0 aliphatic heterocycles. The number of amides is 1. The second-order valence-electron chi connectivity index (χ2n) is 3.69. The van der Waals surface area contributed by atoms with E-state index in [-0.39, 0.29) is 18.2 Å². The minimum Gasteiger partial charge on any atom is -0.349 e. The summed E-state index contributed by atoms with van der Waals surface area (Å²) in [6.45, 7) is 6.58. The number of nitrogens with one attached hydrogen (secondary N) is 2. The molecular formula is C10H20N2O2. The molecule has 0 aromatic heterocycles. The van der Waals surface area contributed by atoms with Crippen LogP contribution in [0.3, 0.4) is 0 Å². The molecule has 0 rings (SSSR count). The monoisotopic (exact) mass is 200 g/mol. The minimum atomic E-state index is -0.0502. The van der Waals surface area contributed by atoms with Crippen molar-refractivity contribution in [3.8, 4) is 0 Å². The summed E-state index contributed by atoms with van der Waals surface area (Å²) in [6.07, 6.45) is 1.29. The van der Waals surface area contributed by atoms with E-state index in [1.54, 1.807) is 0 Å². The van der Waals surface area contributed by atoms with E-state index in [1.165, 1.54) is 6.92 Å². The zero-order valence-electron chi connectivity index (χ0n) is 9.22. The summed E-state index contributed by atoms with van der Waals surface area (Å²) in [5.74, 6) is -0.0654. The van der Waals surface area contributed by atoms with Gasteiger partial charge in [0, 0.05) is 12.5 Å². The zero-order chi connectivity index (χ0) is 11.0. The summed E-state index contributed by atoms with van der Waals surface area (Å²) in [5, 5.41) is 5.77. The average molecular weight is 200 g/mol. The van der Waals surface area contributed by atoms with Gasteiger partial charge in [0.15, 0.2) is 0 Å². The van der Waals surface area contributed by atoms with Crippen LogP contribution in [0.25, 0.3) is 0 Å². The molecule has 0 aliphatic rings. The standard InChI is InChI=1S/C10H20N2O2/c1-8(2)11-6-4-5-10(14)12-7-9(3)13/h8,11H,4-7H2,1-3H3,(H,12,14). The number of carbonyl (C=O) groups is 2. The third kappa shape index (κ3) is 9.19. The Labute approximate surface area is 85.4 Å². The molecule has 0 radical (unpaired) electrons. The Morgan fingerprint density at radius 3 is 2.43 bits per heavy atom.